The summed E-state index contributed by atoms with van der Waals surface area (Å²) in [4.78, 5) is 24.8. The first kappa shape index (κ1) is 12.9. The standard InChI is InChI=1S/C13H14ClNO3/c1-2-7-18-11-6-4-3-5-10(11)15-12(16)8-9(14)13(15)17/h3-6,9H,2,7-8H2,1H3. The van der Waals surface area contributed by atoms with E-state index in [-0.39, 0.29) is 18.2 Å². The minimum absolute atomic E-state index is 0.0441. The van der Waals surface area contributed by atoms with Crippen molar-refractivity contribution in [3.8, 4) is 5.75 Å². The van der Waals surface area contributed by atoms with Gasteiger partial charge in [-0.15, -0.1) is 11.6 Å². The number of carbonyl (C=O) groups is 2. The minimum Gasteiger partial charge on any atom is -0.491 e. The third-order valence-electron chi connectivity index (χ3n) is 2.66. The molecule has 1 heterocycles. The summed E-state index contributed by atoms with van der Waals surface area (Å²) in [5.74, 6) is -0.131. The minimum atomic E-state index is -0.767. The second-order valence-corrected chi connectivity index (χ2v) is 4.58. The Balaban J connectivity index is 2.32. The number of benzene rings is 1. The van der Waals surface area contributed by atoms with Crippen LogP contribution in [0.3, 0.4) is 0 Å². The average Bonchev–Trinajstić information content (AvgIpc) is 2.61. The molecular weight excluding hydrogens is 254 g/mol. The van der Waals surface area contributed by atoms with Crippen LogP contribution in [0.2, 0.25) is 0 Å². The van der Waals surface area contributed by atoms with Crippen molar-refractivity contribution in [2.24, 2.45) is 0 Å². The van der Waals surface area contributed by atoms with Crippen LogP contribution in [0.15, 0.2) is 24.3 Å². The van der Waals surface area contributed by atoms with Gasteiger partial charge in [0.25, 0.3) is 5.91 Å². The van der Waals surface area contributed by atoms with Crippen LogP contribution in [-0.2, 0) is 9.59 Å². The van der Waals surface area contributed by atoms with Crippen molar-refractivity contribution in [1.82, 2.24) is 0 Å². The topological polar surface area (TPSA) is 46.6 Å². The van der Waals surface area contributed by atoms with E-state index in [0.717, 1.165) is 11.3 Å². The number of rotatable bonds is 4. The summed E-state index contributed by atoms with van der Waals surface area (Å²) in [5, 5.41) is -0.767. The third kappa shape index (κ3) is 2.34. The summed E-state index contributed by atoms with van der Waals surface area (Å²) < 4.78 is 5.54. The Kier molecular flexibility index (Phi) is 3.87. The molecule has 1 aromatic carbocycles. The van der Waals surface area contributed by atoms with Crippen LogP contribution < -0.4 is 9.64 Å². The zero-order chi connectivity index (χ0) is 13.1. The molecule has 1 aromatic rings. The number of carbonyl (C=O) groups excluding carboxylic acids is 2. The number of amides is 2. The van der Waals surface area contributed by atoms with E-state index in [0.29, 0.717) is 18.0 Å². The van der Waals surface area contributed by atoms with Gasteiger partial charge in [0, 0.05) is 0 Å². The van der Waals surface area contributed by atoms with Crippen molar-refractivity contribution in [1.29, 1.82) is 0 Å². The van der Waals surface area contributed by atoms with Crippen molar-refractivity contribution < 1.29 is 14.3 Å². The van der Waals surface area contributed by atoms with Gasteiger partial charge in [-0.25, -0.2) is 4.90 Å². The molecule has 5 heteroatoms. The molecular formula is C13H14ClNO3. The summed E-state index contributed by atoms with van der Waals surface area (Å²) in [6, 6.07) is 7.00. The van der Waals surface area contributed by atoms with Gasteiger partial charge < -0.3 is 4.74 Å². The zero-order valence-corrected chi connectivity index (χ0v) is 10.8. The van der Waals surface area contributed by atoms with Gasteiger partial charge in [0.15, 0.2) is 0 Å². The van der Waals surface area contributed by atoms with Crippen molar-refractivity contribution in [2.45, 2.75) is 25.1 Å². The van der Waals surface area contributed by atoms with E-state index in [1.165, 1.54) is 0 Å². The maximum atomic E-state index is 11.9. The molecule has 0 radical (unpaired) electrons. The van der Waals surface area contributed by atoms with Gasteiger partial charge >= 0.3 is 0 Å². The van der Waals surface area contributed by atoms with E-state index in [4.69, 9.17) is 16.3 Å². The number of hydrogen-bond donors (Lipinski definition) is 0. The fraction of sp³-hybridized carbons (Fsp3) is 0.385. The molecule has 4 nitrogen and oxygen atoms in total. The van der Waals surface area contributed by atoms with E-state index in [2.05, 4.69) is 0 Å². The fourth-order valence-electron chi connectivity index (χ4n) is 1.82. The third-order valence-corrected chi connectivity index (χ3v) is 3.00. The SMILES string of the molecule is CCCOc1ccccc1N1C(=O)CC(Cl)C1=O. The maximum Gasteiger partial charge on any atom is 0.252 e. The Morgan fingerprint density at radius 3 is 2.72 bits per heavy atom. The lowest BCUT2D eigenvalue weighted by Gasteiger charge is -2.18. The smallest absolute Gasteiger partial charge is 0.252 e. The van der Waals surface area contributed by atoms with Gasteiger partial charge in [-0.05, 0) is 18.6 Å². The molecule has 0 N–H and O–H groups in total. The van der Waals surface area contributed by atoms with Crippen molar-refractivity contribution >= 4 is 29.1 Å². The lowest BCUT2D eigenvalue weighted by atomic mass is 10.2. The Morgan fingerprint density at radius 2 is 2.11 bits per heavy atom. The molecule has 2 rings (SSSR count). The Morgan fingerprint density at radius 1 is 1.39 bits per heavy atom. The molecule has 18 heavy (non-hydrogen) atoms. The molecule has 1 fully saturated rings. The lowest BCUT2D eigenvalue weighted by molar-refractivity contribution is -0.121. The molecule has 0 aromatic heterocycles. The Bertz CT molecular complexity index is 475. The molecule has 2 amide bonds. The highest BCUT2D eigenvalue weighted by Gasteiger charge is 2.39. The van der Waals surface area contributed by atoms with Gasteiger partial charge in [0.1, 0.15) is 11.1 Å². The lowest BCUT2D eigenvalue weighted by Crippen LogP contribution is -2.31. The van der Waals surface area contributed by atoms with Crippen LogP contribution in [0.25, 0.3) is 0 Å². The molecule has 1 aliphatic rings. The van der Waals surface area contributed by atoms with Crippen LogP contribution in [0.5, 0.6) is 5.75 Å². The summed E-state index contributed by atoms with van der Waals surface area (Å²) in [5.41, 5.74) is 0.476. The number of hydrogen-bond acceptors (Lipinski definition) is 3. The second-order valence-electron chi connectivity index (χ2n) is 4.06. The second kappa shape index (κ2) is 5.40. The Hall–Kier alpha value is -1.55. The van der Waals surface area contributed by atoms with E-state index in [1.807, 2.05) is 6.92 Å². The van der Waals surface area contributed by atoms with Gasteiger partial charge in [-0.3, -0.25) is 9.59 Å². The molecule has 96 valence electrons. The molecule has 0 bridgehead atoms. The number of ether oxygens (including phenoxy) is 1. The van der Waals surface area contributed by atoms with E-state index in [1.54, 1.807) is 24.3 Å². The highest BCUT2D eigenvalue weighted by molar-refractivity contribution is 6.40. The van der Waals surface area contributed by atoms with Crippen LogP contribution in [0, 0.1) is 0 Å². The molecule has 1 saturated heterocycles. The van der Waals surface area contributed by atoms with Gasteiger partial charge in [-0.2, -0.15) is 0 Å². The van der Waals surface area contributed by atoms with Crippen LogP contribution in [0.1, 0.15) is 19.8 Å². The first-order valence-corrected chi connectivity index (χ1v) is 6.31. The summed E-state index contributed by atoms with van der Waals surface area (Å²) in [6.45, 7) is 2.53. The maximum absolute atomic E-state index is 11.9. The van der Waals surface area contributed by atoms with Crippen LogP contribution >= 0.6 is 11.6 Å². The highest BCUT2D eigenvalue weighted by atomic mass is 35.5. The van der Waals surface area contributed by atoms with Crippen LogP contribution in [0.4, 0.5) is 5.69 Å². The molecule has 0 aliphatic carbocycles. The summed E-state index contributed by atoms with van der Waals surface area (Å²) in [6.07, 6.45) is 0.900. The van der Waals surface area contributed by atoms with E-state index < -0.39 is 5.38 Å². The van der Waals surface area contributed by atoms with Gasteiger partial charge in [0.05, 0.1) is 18.7 Å². The number of halogens is 1. The van der Waals surface area contributed by atoms with Crippen molar-refractivity contribution in [3.63, 3.8) is 0 Å². The van der Waals surface area contributed by atoms with E-state index >= 15 is 0 Å². The molecule has 1 unspecified atom stereocenters. The summed E-state index contributed by atoms with van der Waals surface area (Å²) >= 11 is 5.81. The largest absolute Gasteiger partial charge is 0.491 e. The number of nitrogens with zero attached hydrogens (tertiary/aromatic N) is 1. The normalized spacial score (nSPS) is 19.4. The predicted molar refractivity (Wildman–Crippen MR) is 69.0 cm³/mol. The monoisotopic (exact) mass is 267 g/mol. The highest BCUT2D eigenvalue weighted by Crippen LogP contribution is 2.33. The fourth-order valence-corrected chi connectivity index (χ4v) is 2.05. The number of para-hydroxylation sites is 2. The quantitative estimate of drug-likeness (QED) is 0.621. The summed E-state index contributed by atoms with van der Waals surface area (Å²) in [7, 11) is 0. The molecule has 1 atom stereocenters. The van der Waals surface area contributed by atoms with Crippen molar-refractivity contribution in [2.75, 3.05) is 11.5 Å². The van der Waals surface area contributed by atoms with Crippen LogP contribution in [-0.4, -0.2) is 23.8 Å². The number of alkyl halides is 1. The first-order chi connectivity index (χ1) is 8.65. The number of anilines is 1. The average molecular weight is 268 g/mol. The van der Waals surface area contributed by atoms with Gasteiger partial charge in [0.2, 0.25) is 5.91 Å². The van der Waals surface area contributed by atoms with Gasteiger partial charge in [-0.1, -0.05) is 19.1 Å². The zero-order valence-electron chi connectivity index (χ0n) is 10.1. The van der Waals surface area contributed by atoms with E-state index in [9.17, 15) is 9.59 Å². The molecule has 1 aliphatic heterocycles. The Labute approximate surface area is 110 Å². The predicted octanol–water partition coefficient (Wildman–Crippen LogP) is 2.35. The van der Waals surface area contributed by atoms with Crippen molar-refractivity contribution in [3.05, 3.63) is 24.3 Å². The first-order valence-electron chi connectivity index (χ1n) is 5.88. The molecule has 0 spiro atoms. The molecule has 0 saturated carbocycles. The number of imide groups is 1.